The Hall–Kier alpha value is -3.06. The highest BCUT2D eigenvalue weighted by molar-refractivity contribution is 5.90. The molecule has 3 aromatic rings. The largest absolute Gasteiger partial charge is 0.493 e. The van der Waals surface area contributed by atoms with Gasteiger partial charge in [0, 0.05) is 31.0 Å². The molecule has 1 amide bonds. The van der Waals surface area contributed by atoms with Gasteiger partial charge < -0.3 is 24.5 Å². The number of hydrogen-bond acceptors (Lipinski definition) is 6. The number of nitrogens with one attached hydrogen (secondary N) is 2. The van der Waals surface area contributed by atoms with Crippen LogP contribution in [0.5, 0.6) is 11.7 Å². The molecule has 4 rings (SSSR count). The van der Waals surface area contributed by atoms with E-state index in [1.165, 1.54) is 32.1 Å². The monoisotopic (exact) mass is 465 g/mol. The minimum Gasteiger partial charge on any atom is -0.493 e. The van der Waals surface area contributed by atoms with Crippen LogP contribution in [-0.2, 0) is 6.54 Å². The fourth-order valence-electron chi connectivity index (χ4n) is 4.55. The van der Waals surface area contributed by atoms with E-state index in [1.54, 1.807) is 6.20 Å². The molecule has 0 spiro atoms. The van der Waals surface area contributed by atoms with Gasteiger partial charge in [-0.05, 0) is 56.0 Å². The zero-order valence-electron chi connectivity index (χ0n) is 20.0. The molecule has 0 atom stereocenters. The molecule has 0 saturated heterocycles. The van der Waals surface area contributed by atoms with E-state index in [2.05, 4.69) is 21.7 Å². The molecule has 1 aliphatic rings. The van der Waals surface area contributed by atoms with Crippen molar-refractivity contribution >= 4 is 17.1 Å². The molecule has 0 unspecified atom stereocenters. The third-order valence-corrected chi connectivity index (χ3v) is 6.41. The van der Waals surface area contributed by atoms with Crippen molar-refractivity contribution in [3.63, 3.8) is 0 Å². The first-order valence-corrected chi connectivity index (χ1v) is 12.4. The maximum atomic E-state index is 12.3. The number of fused-ring (bicyclic) bond motifs is 1. The number of furan rings is 1. The Bertz CT molecular complexity index is 1040. The molecule has 2 heterocycles. The van der Waals surface area contributed by atoms with Crippen LogP contribution in [0.2, 0.25) is 0 Å². The summed E-state index contributed by atoms with van der Waals surface area (Å²) in [5.74, 6) is 1.67. The van der Waals surface area contributed by atoms with Crippen molar-refractivity contribution in [3.05, 3.63) is 53.9 Å². The SMILES string of the molecule is Cc1c(OC(=O)NCCC2CCCCC2)oc2cccc(OCCCNCc3cccnc3)c12. The number of aryl methyl sites for hydroxylation is 1. The third kappa shape index (κ3) is 6.73. The lowest BCUT2D eigenvalue weighted by Gasteiger charge is -2.21. The molecule has 1 fully saturated rings. The van der Waals surface area contributed by atoms with Gasteiger partial charge in [-0.2, -0.15) is 0 Å². The number of nitrogens with zero attached hydrogens (tertiary/aromatic N) is 1. The number of carbonyl (C=O) groups excluding carboxylic acids is 1. The van der Waals surface area contributed by atoms with Crippen LogP contribution in [0.15, 0.2) is 47.1 Å². The number of benzene rings is 1. The van der Waals surface area contributed by atoms with Gasteiger partial charge in [0.25, 0.3) is 5.95 Å². The summed E-state index contributed by atoms with van der Waals surface area (Å²) in [5.41, 5.74) is 2.57. The van der Waals surface area contributed by atoms with E-state index >= 15 is 0 Å². The Kier molecular flexibility index (Phi) is 8.79. The molecule has 1 aromatic carbocycles. The predicted octanol–water partition coefficient (Wildman–Crippen LogP) is 5.75. The molecular formula is C27H35N3O4. The summed E-state index contributed by atoms with van der Waals surface area (Å²) >= 11 is 0. The van der Waals surface area contributed by atoms with Crippen LogP contribution in [0.25, 0.3) is 11.0 Å². The molecule has 34 heavy (non-hydrogen) atoms. The fraction of sp³-hybridized carbons (Fsp3) is 0.481. The number of amides is 1. The number of carbonyl (C=O) groups is 1. The molecule has 7 nitrogen and oxygen atoms in total. The van der Waals surface area contributed by atoms with Crippen molar-refractivity contribution in [2.45, 2.75) is 58.4 Å². The van der Waals surface area contributed by atoms with Crippen LogP contribution in [0.4, 0.5) is 4.79 Å². The Morgan fingerprint density at radius 1 is 1.15 bits per heavy atom. The Balaban J connectivity index is 1.24. The third-order valence-electron chi connectivity index (χ3n) is 6.41. The molecule has 0 aliphatic heterocycles. The smallest absolute Gasteiger partial charge is 0.415 e. The van der Waals surface area contributed by atoms with E-state index in [0.29, 0.717) is 24.7 Å². The maximum absolute atomic E-state index is 12.3. The standard InChI is InChI=1S/C27H35N3O4/c1-20-25-23(32-17-7-15-29-19-22-10-6-14-28-18-22)11-5-12-24(25)33-26(20)34-27(31)30-16-13-21-8-3-2-4-9-21/h5-6,10-12,14,18,21,29H,2-4,7-9,13,15-17,19H2,1H3,(H,30,31). The van der Waals surface area contributed by atoms with Crippen molar-refractivity contribution in [1.29, 1.82) is 0 Å². The van der Waals surface area contributed by atoms with Gasteiger partial charge in [-0.25, -0.2) is 4.79 Å². The summed E-state index contributed by atoms with van der Waals surface area (Å²) in [6.07, 6.45) is 11.5. The van der Waals surface area contributed by atoms with Crippen LogP contribution in [0, 0.1) is 12.8 Å². The number of hydrogen-bond donors (Lipinski definition) is 2. The number of aromatic nitrogens is 1. The van der Waals surface area contributed by atoms with Crippen molar-refractivity contribution in [2.24, 2.45) is 5.92 Å². The molecule has 1 saturated carbocycles. The van der Waals surface area contributed by atoms with E-state index in [-0.39, 0.29) is 5.95 Å². The molecule has 0 radical (unpaired) electrons. The van der Waals surface area contributed by atoms with Gasteiger partial charge in [-0.15, -0.1) is 0 Å². The van der Waals surface area contributed by atoms with E-state index in [4.69, 9.17) is 13.9 Å². The Morgan fingerprint density at radius 3 is 2.85 bits per heavy atom. The second-order valence-electron chi connectivity index (χ2n) is 8.99. The average molecular weight is 466 g/mol. The average Bonchev–Trinajstić information content (AvgIpc) is 3.18. The van der Waals surface area contributed by atoms with Gasteiger partial charge in [-0.3, -0.25) is 4.98 Å². The van der Waals surface area contributed by atoms with Crippen molar-refractivity contribution < 1.29 is 18.7 Å². The van der Waals surface area contributed by atoms with E-state index in [9.17, 15) is 4.79 Å². The molecule has 7 heteroatoms. The highest BCUT2D eigenvalue weighted by atomic mass is 16.6. The molecule has 182 valence electrons. The maximum Gasteiger partial charge on any atom is 0.415 e. The lowest BCUT2D eigenvalue weighted by molar-refractivity contribution is 0.187. The summed E-state index contributed by atoms with van der Waals surface area (Å²) in [6.45, 7) is 4.71. The van der Waals surface area contributed by atoms with Crippen molar-refractivity contribution in [1.82, 2.24) is 15.6 Å². The summed E-state index contributed by atoms with van der Waals surface area (Å²) < 4.78 is 17.3. The van der Waals surface area contributed by atoms with Gasteiger partial charge in [0.15, 0.2) is 0 Å². The summed E-state index contributed by atoms with van der Waals surface area (Å²) in [7, 11) is 0. The van der Waals surface area contributed by atoms with Crippen LogP contribution in [0.3, 0.4) is 0 Å². The second kappa shape index (κ2) is 12.4. The van der Waals surface area contributed by atoms with Crippen LogP contribution >= 0.6 is 0 Å². The zero-order valence-corrected chi connectivity index (χ0v) is 20.0. The van der Waals surface area contributed by atoms with Crippen LogP contribution in [-0.4, -0.2) is 30.8 Å². The Labute approximate surface area is 201 Å². The normalized spacial score (nSPS) is 14.3. The second-order valence-corrected chi connectivity index (χ2v) is 8.99. The van der Waals surface area contributed by atoms with Gasteiger partial charge in [-0.1, -0.05) is 44.2 Å². The lowest BCUT2D eigenvalue weighted by Crippen LogP contribution is -2.29. The minimum atomic E-state index is -0.472. The molecular weight excluding hydrogens is 430 g/mol. The number of rotatable bonds is 11. The van der Waals surface area contributed by atoms with E-state index in [0.717, 1.165) is 48.2 Å². The van der Waals surface area contributed by atoms with E-state index < -0.39 is 6.09 Å². The minimum absolute atomic E-state index is 0.222. The molecule has 1 aliphatic carbocycles. The topological polar surface area (TPSA) is 85.6 Å². The highest BCUT2D eigenvalue weighted by Crippen LogP contribution is 2.37. The zero-order chi connectivity index (χ0) is 23.6. The van der Waals surface area contributed by atoms with Gasteiger partial charge in [0.2, 0.25) is 0 Å². The van der Waals surface area contributed by atoms with Crippen LogP contribution in [0.1, 0.15) is 56.1 Å². The van der Waals surface area contributed by atoms with Crippen molar-refractivity contribution in [2.75, 3.05) is 19.7 Å². The Morgan fingerprint density at radius 2 is 2.03 bits per heavy atom. The predicted molar refractivity (Wildman–Crippen MR) is 132 cm³/mol. The van der Waals surface area contributed by atoms with E-state index in [1.807, 2.05) is 37.4 Å². The summed E-state index contributed by atoms with van der Waals surface area (Å²) in [5, 5.41) is 7.11. The molecule has 2 N–H and O–H groups in total. The highest BCUT2D eigenvalue weighted by Gasteiger charge is 2.19. The lowest BCUT2D eigenvalue weighted by atomic mass is 9.87. The van der Waals surface area contributed by atoms with Gasteiger partial charge >= 0.3 is 6.09 Å². The first-order chi connectivity index (χ1) is 16.7. The first kappa shape index (κ1) is 24.1. The van der Waals surface area contributed by atoms with Gasteiger partial charge in [0.1, 0.15) is 11.3 Å². The molecule has 0 bridgehead atoms. The van der Waals surface area contributed by atoms with Gasteiger partial charge in [0.05, 0.1) is 12.0 Å². The number of pyridine rings is 1. The van der Waals surface area contributed by atoms with Crippen molar-refractivity contribution in [3.8, 4) is 11.7 Å². The molecule has 2 aromatic heterocycles. The fourth-order valence-corrected chi connectivity index (χ4v) is 4.55. The number of ether oxygens (including phenoxy) is 2. The summed E-state index contributed by atoms with van der Waals surface area (Å²) in [4.78, 5) is 16.4. The first-order valence-electron chi connectivity index (χ1n) is 12.4. The quantitative estimate of drug-likeness (QED) is 0.351. The van der Waals surface area contributed by atoms with Crippen LogP contribution < -0.4 is 20.1 Å². The summed E-state index contributed by atoms with van der Waals surface area (Å²) in [6, 6.07) is 9.65.